The number of benzene rings is 2. The van der Waals surface area contributed by atoms with Crippen LogP contribution in [0.3, 0.4) is 0 Å². The van der Waals surface area contributed by atoms with Crippen LogP contribution < -0.4 is 14.4 Å². The molecule has 0 unspecified atom stereocenters. The van der Waals surface area contributed by atoms with Crippen molar-refractivity contribution in [1.29, 1.82) is 0 Å². The largest absolute Gasteiger partial charge is 0.454 e. The molecule has 4 rings (SSSR count). The summed E-state index contributed by atoms with van der Waals surface area (Å²) in [7, 11) is 0. The van der Waals surface area contributed by atoms with Crippen LogP contribution in [0.5, 0.6) is 11.5 Å². The molecule has 120 valence electrons. The number of aryl methyl sites for hydroxylation is 1. The number of anilines is 1. The summed E-state index contributed by atoms with van der Waals surface area (Å²) in [5, 5.41) is 0. The lowest BCUT2D eigenvalue weighted by Gasteiger charge is -2.14. The van der Waals surface area contributed by atoms with Gasteiger partial charge >= 0.3 is 0 Å². The average Bonchev–Trinajstić information content (AvgIpc) is 3.12. The Morgan fingerprint density at radius 2 is 2.00 bits per heavy atom. The summed E-state index contributed by atoms with van der Waals surface area (Å²) in [5.41, 5.74) is 2.76. The Hall–Kier alpha value is -2.31. The van der Waals surface area contributed by atoms with Gasteiger partial charge < -0.3 is 9.47 Å². The van der Waals surface area contributed by atoms with E-state index in [0.717, 1.165) is 22.6 Å². The number of rotatable bonds is 2. The van der Waals surface area contributed by atoms with Gasteiger partial charge in [0.1, 0.15) is 0 Å². The van der Waals surface area contributed by atoms with E-state index in [2.05, 4.69) is 0 Å². The molecule has 24 heavy (non-hydrogen) atoms. The maximum atomic E-state index is 12.8. The first-order valence-electron chi connectivity index (χ1n) is 7.36. The Morgan fingerprint density at radius 1 is 1.17 bits per heavy atom. The Labute approximate surface area is 149 Å². The van der Waals surface area contributed by atoms with E-state index in [1.54, 1.807) is 4.90 Å². The highest BCUT2D eigenvalue weighted by molar-refractivity contribution is 8.27. The molecule has 0 N–H and O–H groups in total. The number of amides is 1. The number of ether oxygens (including phenoxy) is 2. The number of thiocarbonyl (C=S) groups is 1. The first kappa shape index (κ1) is 15.2. The fourth-order valence-corrected chi connectivity index (χ4v) is 3.91. The Balaban J connectivity index is 1.66. The van der Waals surface area contributed by atoms with Gasteiger partial charge in [0.2, 0.25) is 6.79 Å². The van der Waals surface area contributed by atoms with E-state index in [-0.39, 0.29) is 12.7 Å². The third-order valence-electron chi connectivity index (χ3n) is 3.75. The summed E-state index contributed by atoms with van der Waals surface area (Å²) in [6.45, 7) is 2.22. The maximum absolute atomic E-state index is 12.8. The van der Waals surface area contributed by atoms with Gasteiger partial charge in [0.05, 0.1) is 10.6 Å². The highest BCUT2D eigenvalue weighted by Crippen LogP contribution is 2.38. The minimum atomic E-state index is -0.103. The van der Waals surface area contributed by atoms with E-state index in [1.165, 1.54) is 11.8 Å². The van der Waals surface area contributed by atoms with E-state index in [1.807, 2.05) is 55.5 Å². The number of thioether (sulfide) groups is 1. The molecular weight excluding hydrogens is 342 g/mol. The lowest BCUT2D eigenvalue weighted by molar-refractivity contribution is -0.113. The van der Waals surface area contributed by atoms with Crippen molar-refractivity contribution in [2.45, 2.75) is 6.92 Å². The van der Waals surface area contributed by atoms with E-state index >= 15 is 0 Å². The van der Waals surface area contributed by atoms with E-state index in [0.29, 0.717) is 15.0 Å². The Kier molecular flexibility index (Phi) is 3.78. The van der Waals surface area contributed by atoms with Gasteiger partial charge in [-0.1, -0.05) is 42.2 Å². The minimum absolute atomic E-state index is 0.103. The number of nitrogens with zero attached hydrogens (tertiary/aromatic N) is 1. The van der Waals surface area contributed by atoms with Gasteiger partial charge in [0.25, 0.3) is 5.91 Å². The van der Waals surface area contributed by atoms with Crippen LogP contribution in [0.15, 0.2) is 47.4 Å². The molecule has 0 radical (unpaired) electrons. The van der Waals surface area contributed by atoms with Crippen molar-refractivity contribution in [2.24, 2.45) is 0 Å². The summed E-state index contributed by atoms with van der Waals surface area (Å²) >= 11 is 6.71. The molecule has 1 saturated heterocycles. The van der Waals surface area contributed by atoms with Crippen LogP contribution in [0, 0.1) is 6.92 Å². The van der Waals surface area contributed by atoms with Gasteiger partial charge in [-0.3, -0.25) is 9.69 Å². The molecule has 0 spiro atoms. The molecule has 1 fully saturated rings. The number of carbonyl (C=O) groups excluding carboxylic acids is 1. The van der Waals surface area contributed by atoms with Crippen molar-refractivity contribution in [3.8, 4) is 11.5 Å². The van der Waals surface area contributed by atoms with E-state index < -0.39 is 0 Å². The zero-order valence-corrected chi connectivity index (χ0v) is 14.4. The smallest absolute Gasteiger partial charge is 0.270 e. The highest BCUT2D eigenvalue weighted by Gasteiger charge is 2.33. The number of carbonyl (C=O) groups is 1. The standard InChI is InChI=1S/C18H13NO3S2/c1-11-3-2-4-13(7-11)19-17(20)16(24-18(19)23)9-12-5-6-14-15(8-12)22-10-21-14/h2-9H,10H2,1H3/b16-9-. The molecule has 0 aliphatic carbocycles. The first-order valence-corrected chi connectivity index (χ1v) is 8.58. The highest BCUT2D eigenvalue weighted by atomic mass is 32.2. The van der Waals surface area contributed by atoms with E-state index in [4.69, 9.17) is 21.7 Å². The van der Waals surface area contributed by atoms with Crippen molar-refractivity contribution >= 4 is 46.0 Å². The predicted molar refractivity (Wildman–Crippen MR) is 99.4 cm³/mol. The summed E-state index contributed by atoms with van der Waals surface area (Å²) < 4.78 is 11.2. The van der Waals surface area contributed by atoms with Gasteiger partial charge in [-0.2, -0.15) is 0 Å². The Morgan fingerprint density at radius 3 is 2.83 bits per heavy atom. The van der Waals surface area contributed by atoms with E-state index in [9.17, 15) is 4.79 Å². The van der Waals surface area contributed by atoms with Crippen molar-refractivity contribution in [2.75, 3.05) is 11.7 Å². The number of hydrogen-bond acceptors (Lipinski definition) is 5. The van der Waals surface area contributed by atoms with Gasteiger partial charge in [-0.15, -0.1) is 0 Å². The number of hydrogen-bond donors (Lipinski definition) is 0. The predicted octanol–water partition coefficient (Wildman–Crippen LogP) is 4.13. The maximum Gasteiger partial charge on any atom is 0.270 e. The second kappa shape index (κ2) is 5.96. The van der Waals surface area contributed by atoms with Crippen molar-refractivity contribution < 1.29 is 14.3 Å². The second-order valence-corrected chi connectivity index (χ2v) is 7.14. The molecule has 2 aromatic rings. The molecule has 0 atom stereocenters. The van der Waals surface area contributed by atoms with Crippen molar-refractivity contribution in [3.63, 3.8) is 0 Å². The summed E-state index contributed by atoms with van der Waals surface area (Å²) in [6.07, 6.45) is 1.83. The second-order valence-electron chi connectivity index (χ2n) is 5.47. The van der Waals surface area contributed by atoms with Gasteiger partial charge in [-0.05, 0) is 48.4 Å². The van der Waals surface area contributed by atoms with Gasteiger partial charge in [0, 0.05) is 0 Å². The quantitative estimate of drug-likeness (QED) is 0.598. The molecule has 0 saturated carbocycles. The van der Waals surface area contributed by atoms with Crippen LogP contribution in [0.1, 0.15) is 11.1 Å². The molecule has 1 amide bonds. The normalized spacial score (nSPS) is 17.9. The topological polar surface area (TPSA) is 38.8 Å². The van der Waals surface area contributed by atoms with Gasteiger partial charge in [-0.25, -0.2) is 0 Å². The average molecular weight is 355 g/mol. The summed E-state index contributed by atoms with van der Waals surface area (Å²) in [6, 6.07) is 13.4. The lowest BCUT2D eigenvalue weighted by Crippen LogP contribution is -2.27. The number of fused-ring (bicyclic) bond motifs is 1. The fraction of sp³-hybridized carbons (Fsp3) is 0.111. The monoisotopic (exact) mass is 355 g/mol. The Bertz CT molecular complexity index is 892. The molecule has 2 heterocycles. The molecule has 2 aliphatic rings. The first-order chi connectivity index (χ1) is 11.6. The molecule has 6 heteroatoms. The van der Waals surface area contributed by atoms with Crippen LogP contribution in [-0.4, -0.2) is 17.0 Å². The van der Waals surface area contributed by atoms with Crippen LogP contribution in [-0.2, 0) is 4.79 Å². The van der Waals surface area contributed by atoms with Crippen molar-refractivity contribution in [3.05, 3.63) is 58.5 Å². The van der Waals surface area contributed by atoms with Crippen LogP contribution in [0.25, 0.3) is 6.08 Å². The van der Waals surface area contributed by atoms with Crippen LogP contribution in [0.4, 0.5) is 5.69 Å². The zero-order chi connectivity index (χ0) is 16.7. The molecule has 2 aliphatic heterocycles. The zero-order valence-electron chi connectivity index (χ0n) is 12.8. The van der Waals surface area contributed by atoms with Crippen molar-refractivity contribution in [1.82, 2.24) is 0 Å². The van der Waals surface area contributed by atoms with Gasteiger partial charge in [0.15, 0.2) is 15.8 Å². The van der Waals surface area contributed by atoms with Crippen LogP contribution >= 0.6 is 24.0 Å². The molecule has 4 nitrogen and oxygen atoms in total. The third kappa shape index (κ3) is 2.68. The summed E-state index contributed by atoms with van der Waals surface area (Å²) in [5.74, 6) is 1.31. The summed E-state index contributed by atoms with van der Waals surface area (Å²) in [4.78, 5) is 14.9. The molecule has 2 aromatic carbocycles. The van der Waals surface area contributed by atoms with Crippen LogP contribution in [0.2, 0.25) is 0 Å². The SMILES string of the molecule is Cc1cccc(N2C(=O)/C(=C/c3ccc4c(c3)OCO4)SC2=S)c1. The lowest BCUT2D eigenvalue weighted by atomic mass is 10.1. The molecule has 0 aromatic heterocycles. The molecule has 0 bridgehead atoms. The molecular formula is C18H13NO3S2. The minimum Gasteiger partial charge on any atom is -0.454 e. The fourth-order valence-electron chi connectivity index (χ4n) is 2.61. The third-order valence-corrected chi connectivity index (χ3v) is 5.05.